The summed E-state index contributed by atoms with van der Waals surface area (Å²) in [6, 6.07) is 10.3. The molecule has 5 nitrogen and oxygen atoms in total. The lowest BCUT2D eigenvalue weighted by Gasteiger charge is -2.30. The SMILES string of the molecule is CCNC(=NCC(O)c1cc2ccccc2s1)NCC1CCCN(C)C1.I. The molecule has 0 aliphatic carbocycles. The number of aliphatic hydroxyl groups excluding tert-OH is 1. The lowest BCUT2D eigenvalue weighted by molar-refractivity contribution is 0.191. The topological polar surface area (TPSA) is 59.9 Å². The van der Waals surface area contributed by atoms with Crippen LogP contribution in [0.1, 0.15) is 30.7 Å². The number of aliphatic imine (C=N–C) groups is 1. The van der Waals surface area contributed by atoms with Gasteiger partial charge in [0.05, 0.1) is 6.54 Å². The fraction of sp³-hybridized carbons (Fsp3) is 0.550. The number of halogens is 1. The third-order valence-corrected chi connectivity index (χ3v) is 6.04. The van der Waals surface area contributed by atoms with E-state index in [0.29, 0.717) is 12.5 Å². The maximum Gasteiger partial charge on any atom is 0.191 e. The third kappa shape index (κ3) is 6.58. The first-order valence-electron chi connectivity index (χ1n) is 9.53. The summed E-state index contributed by atoms with van der Waals surface area (Å²) in [5, 5.41) is 18.4. The van der Waals surface area contributed by atoms with Crippen LogP contribution in [-0.4, -0.2) is 55.7 Å². The van der Waals surface area contributed by atoms with E-state index in [2.05, 4.69) is 52.7 Å². The molecule has 2 unspecified atom stereocenters. The molecule has 1 saturated heterocycles. The molecule has 1 aromatic heterocycles. The molecule has 1 aromatic carbocycles. The summed E-state index contributed by atoms with van der Waals surface area (Å²) in [5.41, 5.74) is 0. The van der Waals surface area contributed by atoms with E-state index >= 15 is 0 Å². The number of hydrogen-bond acceptors (Lipinski definition) is 4. The molecule has 27 heavy (non-hydrogen) atoms. The second-order valence-corrected chi connectivity index (χ2v) is 8.19. The van der Waals surface area contributed by atoms with E-state index < -0.39 is 6.10 Å². The van der Waals surface area contributed by atoms with Gasteiger partial charge in [0.15, 0.2) is 5.96 Å². The minimum Gasteiger partial charge on any atom is -0.386 e. The molecule has 1 aliphatic rings. The van der Waals surface area contributed by atoms with Crippen molar-refractivity contribution in [3.05, 3.63) is 35.2 Å². The van der Waals surface area contributed by atoms with Gasteiger partial charge in [0.25, 0.3) is 0 Å². The number of nitrogens with zero attached hydrogens (tertiary/aromatic N) is 2. The molecule has 0 saturated carbocycles. The van der Waals surface area contributed by atoms with Crippen molar-refractivity contribution in [3.8, 4) is 0 Å². The Morgan fingerprint density at radius 3 is 2.93 bits per heavy atom. The fourth-order valence-electron chi connectivity index (χ4n) is 3.46. The van der Waals surface area contributed by atoms with Crippen molar-refractivity contribution in [1.29, 1.82) is 0 Å². The zero-order chi connectivity index (χ0) is 18.4. The molecular formula is C20H31IN4OS. The van der Waals surface area contributed by atoms with Gasteiger partial charge < -0.3 is 20.6 Å². The van der Waals surface area contributed by atoms with Crippen molar-refractivity contribution in [2.24, 2.45) is 10.9 Å². The Kier molecular flexibility index (Phi) is 9.28. The van der Waals surface area contributed by atoms with E-state index in [1.54, 1.807) is 11.3 Å². The predicted octanol–water partition coefficient (Wildman–Crippen LogP) is 3.45. The first-order chi connectivity index (χ1) is 12.7. The Bertz CT molecular complexity index is 703. The van der Waals surface area contributed by atoms with E-state index in [1.165, 1.54) is 29.5 Å². The Morgan fingerprint density at radius 2 is 2.19 bits per heavy atom. The lowest BCUT2D eigenvalue weighted by atomic mass is 9.99. The first kappa shape index (κ1) is 22.4. The minimum atomic E-state index is -0.566. The molecule has 2 aromatic rings. The maximum absolute atomic E-state index is 10.5. The first-order valence-corrected chi connectivity index (χ1v) is 10.3. The van der Waals surface area contributed by atoms with Gasteiger partial charge in [-0.3, -0.25) is 4.99 Å². The molecule has 1 fully saturated rings. The Labute approximate surface area is 183 Å². The van der Waals surface area contributed by atoms with Crippen LogP contribution in [0.2, 0.25) is 0 Å². The standard InChI is InChI=1S/C20H30N4OS.HI/c1-3-21-20(22-12-15-7-6-10-24(2)14-15)23-13-17(25)19-11-16-8-4-5-9-18(16)26-19;/h4-5,8-9,11,15,17,25H,3,6-7,10,12-14H2,1-2H3,(H2,21,22,23);1H. The number of hydrogen-bond donors (Lipinski definition) is 3. The zero-order valence-electron chi connectivity index (χ0n) is 16.1. The van der Waals surface area contributed by atoms with Crippen LogP contribution in [-0.2, 0) is 0 Å². The molecular weight excluding hydrogens is 471 g/mol. The maximum atomic E-state index is 10.5. The number of aliphatic hydroxyl groups is 1. The van der Waals surface area contributed by atoms with Gasteiger partial charge in [0.2, 0.25) is 0 Å². The van der Waals surface area contributed by atoms with Crippen LogP contribution in [0, 0.1) is 5.92 Å². The van der Waals surface area contributed by atoms with Crippen LogP contribution in [0.15, 0.2) is 35.3 Å². The van der Waals surface area contributed by atoms with Gasteiger partial charge in [0.1, 0.15) is 6.10 Å². The molecule has 3 rings (SSSR count). The number of nitrogens with one attached hydrogen (secondary N) is 2. The molecule has 2 atom stereocenters. The smallest absolute Gasteiger partial charge is 0.191 e. The van der Waals surface area contributed by atoms with Crippen LogP contribution in [0.5, 0.6) is 0 Å². The van der Waals surface area contributed by atoms with Gasteiger partial charge in [-0.25, -0.2) is 0 Å². The van der Waals surface area contributed by atoms with Crippen LogP contribution in [0.25, 0.3) is 10.1 Å². The largest absolute Gasteiger partial charge is 0.386 e. The number of rotatable bonds is 6. The van der Waals surface area contributed by atoms with Crippen molar-refractivity contribution < 1.29 is 5.11 Å². The second kappa shape index (κ2) is 11.2. The molecule has 7 heteroatoms. The number of fused-ring (bicyclic) bond motifs is 1. The highest BCUT2D eigenvalue weighted by Gasteiger charge is 2.17. The summed E-state index contributed by atoms with van der Waals surface area (Å²) in [4.78, 5) is 7.97. The van der Waals surface area contributed by atoms with Crippen molar-refractivity contribution in [2.45, 2.75) is 25.9 Å². The monoisotopic (exact) mass is 502 g/mol. The van der Waals surface area contributed by atoms with E-state index in [1.807, 2.05) is 12.1 Å². The Morgan fingerprint density at radius 1 is 1.37 bits per heavy atom. The predicted molar refractivity (Wildman–Crippen MR) is 126 cm³/mol. The average molecular weight is 502 g/mol. The van der Waals surface area contributed by atoms with Gasteiger partial charge in [0, 0.05) is 29.2 Å². The van der Waals surface area contributed by atoms with Crippen LogP contribution in [0.4, 0.5) is 0 Å². The van der Waals surface area contributed by atoms with E-state index in [4.69, 9.17) is 0 Å². The third-order valence-electron chi connectivity index (χ3n) is 4.82. The summed E-state index contributed by atoms with van der Waals surface area (Å²) in [5.74, 6) is 1.45. The summed E-state index contributed by atoms with van der Waals surface area (Å²) in [6.07, 6.45) is 1.96. The zero-order valence-corrected chi connectivity index (χ0v) is 19.3. The van der Waals surface area contributed by atoms with Crippen molar-refractivity contribution in [3.63, 3.8) is 0 Å². The highest BCUT2D eigenvalue weighted by molar-refractivity contribution is 14.0. The van der Waals surface area contributed by atoms with E-state index in [-0.39, 0.29) is 24.0 Å². The highest BCUT2D eigenvalue weighted by atomic mass is 127. The summed E-state index contributed by atoms with van der Waals surface area (Å²) in [6.45, 7) is 6.51. The second-order valence-electron chi connectivity index (χ2n) is 7.07. The van der Waals surface area contributed by atoms with Crippen LogP contribution in [0.3, 0.4) is 0 Å². The summed E-state index contributed by atoms with van der Waals surface area (Å²) in [7, 11) is 2.19. The van der Waals surface area contributed by atoms with Gasteiger partial charge in [-0.1, -0.05) is 18.2 Å². The molecule has 0 spiro atoms. The van der Waals surface area contributed by atoms with Crippen molar-refractivity contribution in [2.75, 3.05) is 39.8 Å². The highest BCUT2D eigenvalue weighted by Crippen LogP contribution is 2.29. The molecule has 150 valence electrons. The van der Waals surface area contributed by atoms with Gasteiger partial charge in [-0.05, 0) is 56.8 Å². The lowest BCUT2D eigenvalue weighted by Crippen LogP contribution is -2.43. The number of thiophene rings is 1. The minimum absolute atomic E-state index is 0. The van der Waals surface area contributed by atoms with Crippen molar-refractivity contribution in [1.82, 2.24) is 15.5 Å². The molecule has 0 amide bonds. The molecule has 1 aliphatic heterocycles. The number of guanidine groups is 1. The summed E-state index contributed by atoms with van der Waals surface area (Å²) >= 11 is 1.64. The fourth-order valence-corrected chi connectivity index (χ4v) is 4.50. The number of piperidine rings is 1. The van der Waals surface area contributed by atoms with E-state index in [0.717, 1.165) is 30.5 Å². The number of benzene rings is 1. The number of likely N-dealkylation sites (tertiary alicyclic amines) is 1. The molecule has 0 radical (unpaired) electrons. The molecule has 3 N–H and O–H groups in total. The normalized spacial score (nSPS) is 19.5. The summed E-state index contributed by atoms with van der Waals surface area (Å²) < 4.78 is 1.21. The Balaban J connectivity index is 0.00000261. The van der Waals surface area contributed by atoms with Gasteiger partial charge in [-0.2, -0.15) is 0 Å². The van der Waals surface area contributed by atoms with Crippen LogP contribution >= 0.6 is 35.3 Å². The van der Waals surface area contributed by atoms with Gasteiger partial charge >= 0.3 is 0 Å². The average Bonchev–Trinajstić information content (AvgIpc) is 3.08. The van der Waals surface area contributed by atoms with Gasteiger partial charge in [-0.15, -0.1) is 35.3 Å². The van der Waals surface area contributed by atoms with E-state index in [9.17, 15) is 5.11 Å². The van der Waals surface area contributed by atoms with Crippen molar-refractivity contribution >= 4 is 51.4 Å². The quantitative estimate of drug-likeness (QED) is 0.322. The van der Waals surface area contributed by atoms with Crippen LogP contribution < -0.4 is 10.6 Å². The Hall–Kier alpha value is -0.900. The molecule has 0 bridgehead atoms. The molecule has 2 heterocycles.